The van der Waals surface area contributed by atoms with Gasteiger partial charge < -0.3 is 9.84 Å². The number of halogens is 10. The average molecular weight is 583 g/mol. The maximum atomic E-state index is 13.5. The fraction of sp³-hybridized carbons (Fsp3) is 0.269. The molecule has 0 fully saturated rings. The van der Waals surface area contributed by atoms with Crippen molar-refractivity contribution in [2.75, 3.05) is 7.11 Å². The SMILES string of the molecule is COc1ccc(CF)cc1-c1ccc(C(F)(F)F)cc1CN(Cc1cc(C(F)(F)F)cc(C(F)(F)F)c1)C(=O)O. The zero-order valence-corrected chi connectivity index (χ0v) is 20.3. The van der Waals surface area contributed by atoms with Gasteiger partial charge in [0.05, 0.1) is 23.8 Å². The molecule has 40 heavy (non-hydrogen) atoms. The monoisotopic (exact) mass is 583 g/mol. The largest absolute Gasteiger partial charge is 0.496 e. The van der Waals surface area contributed by atoms with Crippen molar-refractivity contribution in [1.29, 1.82) is 0 Å². The van der Waals surface area contributed by atoms with Gasteiger partial charge in [-0.15, -0.1) is 0 Å². The van der Waals surface area contributed by atoms with Crippen LogP contribution < -0.4 is 4.74 Å². The third-order valence-electron chi connectivity index (χ3n) is 5.79. The standard InChI is InChI=1S/C26H19F10NO3/c1-40-22-5-2-14(11-27)8-21(22)20-4-3-17(24(28,29)30)9-16(20)13-37(23(38)39)12-15-6-18(25(31,32)33)10-19(7-15)26(34,35)36/h2-10H,11-13H2,1H3,(H,38,39). The first-order valence-electron chi connectivity index (χ1n) is 11.1. The number of rotatable bonds is 7. The van der Waals surface area contributed by atoms with Gasteiger partial charge in [-0.1, -0.05) is 12.1 Å². The van der Waals surface area contributed by atoms with E-state index in [1.54, 1.807) is 0 Å². The van der Waals surface area contributed by atoms with Gasteiger partial charge in [0.2, 0.25) is 0 Å². The van der Waals surface area contributed by atoms with E-state index >= 15 is 0 Å². The number of ether oxygens (including phenoxy) is 1. The Kier molecular flexibility index (Phi) is 8.60. The Hall–Kier alpha value is -3.97. The Bertz CT molecular complexity index is 1350. The van der Waals surface area contributed by atoms with Crippen LogP contribution in [0, 0.1) is 0 Å². The maximum absolute atomic E-state index is 13.5. The molecule has 0 heterocycles. The van der Waals surface area contributed by atoms with Crippen molar-refractivity contribution in [3.63, 3.8) is 0 Å². The number of amides is 1. The highest BCUT2D eigenvalue weighted by atomic mass is 19.4. The number of benzene rings is 3. The molecular weight excluding hydrogens is 564 g/mol. The first-order valence-corrected chi connectivity index (χ1v) is 11.1. The second-order valence-corrected chi connectivity index (χ2v) is 8.59. The van der Waals surface area contributed by atoms with Crippen LogP contribution in [0.15, 0.2) is 54.6 Å². The Balaban J connectivity index is 2.15. The van der Waals surface area contributed by atoms with Gasteiger partial charge in [-0.3, -0.25) is 4.90 Å². The Morgan fingerprint density at radius 2 is 1.30 bits per heavy atom. The highest BCUT2D eigenvalue weighted by molar-refractivity contribution is 5.75. The Morgan fingerprint density at radius 3 is 1.77 bits per heavy atom. The first kappa shape index (κ1) is 30.6. The van der Waals surface area contributed by atoms with Crippen LogP contribution in [0.1, 0.15) is 33.4 Å². The van der Waals surface area contributed by atoms with Crippen LogP contribution >= 0.6 is 0 Å². The zero-order valence-electron chi connectivity index (χ0n) is 20.3. The van der Waals surface area contributed by atoms with Gasteiger partial charge in [0.15, 0.2) is 0 Å². The van der Waals surface area contributed by atoms with Crippen LogP contribution in [0.4, 0.5) is 48.7 Å². The third-order valence-corrected chi connectivity index (χ3v) is 5.79. The van der Waals surface area contributed by atoms with E-state index < -0.39 is 66.6 Å². The normalized spacial score (nSPS) is 12.4. The molecule has 0 aliphatic carbocycles. The summed E-state index contributed by atoms with van der Waals surface area (Å²) in [5.74, 6) is 0.0905. The molecule has 1 amide bonds. The van der Waals surface area contributed by atoms with Gasteiger partial charge in [0.1, 0.15) is 12.4 Å². The van der Waals surface area contributed by atoms with Crippen LogP contribution in [0.2, 0.25) is 0 Å². The molecule has 0 spiro atoms. The van der Waals surface area contributed by atoms with Crippen LogP contribution in [0.25, 0.3) is 11.1 Å². The molecule has 4 nitrogen and oxygen atoms in total. The lowest BCUT2D eigenvalue weighted by atomic mass is 9.94. The molecule has 0 radical (unpaired) electrons. The molecule has 3 rings (SSSR count). The Labute approximate surface area is 220 Å². The lowest BCUT2D eigenvalue weighted by Gasteiger charge is -2.24. The number of alkyl halides is 10. The molecule has 14 heteroatoms. The van der Waals surface area contributed by atoms with Gasteiger partial charge in [0.25, 0.3) is 0 Å². The van der Waals surface area contributed by atoms with E-state index in [-0.39, 0.29) is 34.1 Å². The van der Waals surface area contributed by atoms with Crippen molar-refractivity contribution < 1.29 is 58.5 Å². The van der Waals surface area contributed by atoms with Gasteiger partial charge in [-0.05, 0) is 64.7 Å². The molecule has 216 valence electrons. The highest BCUT2D eigenvalue weighted by Gasteiger charge is 2.37. The number of nitrogens with zero attached hydrogens (tertiary/aromatic N) is 1. The van der Waals surface area contributed by atoms with Crippen molar-refractivity contribution in [1.82, 2.24) is 4.90 Å². The topological polar surface area (TPSA) is 49.8 Å². The van der Waals surface area contributed by atoms with E-state index in [4.69, 9.17) is 4.74 Å². The summed E-state index contributed by atoms with van der Waals surface area (Å²) in [5.41, 5.74) is -5.40. The zero-order chi connectivity index (χ0) is 30.0. The molecule has 0 unspecified atom stereocenters. The van der Waals surface area contributed by atoms with Gasteiger partial charge >= 0.3 is 24.6 Å². The second-order valence-electron chi connectivity index (χ2n) is 8.59. The van der Waals surface area contributed by atoms with Gasteiger partial charge in [0, 0.05) is 18.7 Å². The highest BCUT2D eigenvalue weighted by Crippen LogP contribution is 2.39. The molecule has 0 bridgehead atoms. The van der Waals surface area contributed by atoms with E-state index in [0.29, 0.717) is 29.2 Å². The summed E-state index contributed by atoms with van der Waals surface area (Å²) in [6.07, 6.45) is -17.1. The van der Waals surface area contributed by atoms with Crippen molar-refractivity contribution in [2.45, 2.75) is 38.3 Å². The summed E-state index contributed by atoms with van der Waals surface area (Å²) in [4.78, 5) is 12.4. The minimum Gasteiger partial charge on any atom is -0.496 e. The van der Waals surface area contributed by atoms with Crippen LogP contribution in [-0.2, 0) is 38.3 Å². The number of hydrogen-bond acceptors (Lipinski definition) is 2. The molecule has 0 aliphatic rings. The fourth-order valence-corrected chi connectivity index (χ4v) is 3.94. The van der Waals surface area contributed by atoms with Crippen LogP contribution in [-0.4, -0.2) is 23.2 Å². The summed E-state index contributed by atoms with van der Waals surface area (Å²) in [6, 6.07) is 6.74. The minimum absolute atomic E-state index is 0.0218. The molecule has 3 aromatic carbocycles. The van der Waals surface area contributed by atoms with Crippen LogP contribution in [0.5, 0.6) is 5.75 Å². The maximum Gasteiger partial charge on any atom is 0.416 e. The number of carboxylic acid groups (broad SMARTS) is 1. The van der Waals surface area contributed by atoms with E-state index in [0.717, 1.165) is 6.07 Å². The van der Waals surface area contributed by atoms with Crippen molar-refractivity contribution in [3.05, 3.63) is 88.0 Å². The number of carbonyl (C=O) groups is 1. The molecular formula is C26H19F10NO3. The summed E-state index contributed by atoms with van der Waals surface area (Å²) in [7, 11) is 1.23. The second kappa shape index (κ2) is 11.3. The average Bonchev–Trinajstić information content (AvgIpc) is 2.86. The summed E-state index contributed by atoms with van der Waals surface area (Å²) >= 11 is 0. The molecule has 0 aliphatic heterocycles. The molecule has 0 saturated carbocycles. The molecule has 0 atom stereocenters. The third kappa shape index (κ3) is 7.16. The summed E-state index contributed by atoms with van der Waals surface area (Å²) in [5, 5.41) is 9.71. The Morgan fingerprint density at radius 1 is 0.725 bits per heavy atom. The number of methoxy groups -OCH3 is 1. The molecule has 3 aromatic rings. The molecule has 1 N–H and O–H groups in total. The van der Waals surface area contributed by atoms with Crippen molar-refractivity contribution in [3.8, 4) is 16.9 Å². The van der Waals surface area contributed by atoms with E-state index in [2.05, 4.69) is 0 Å². The lowest BCUT2D eigenvalue weighted by molar-refractivity contribution is -0.143. The predicted molar refractivity (Wildman–Crippen MR) is 122 cm³/mol. The first-order chi connectivity index (χ1) is 18.4. The van der Waals surface area contributed by atoms with Crippen LogP contribution in [0.3, 0.4) is 0 Å². The summed E-state index contributed by atoms with van der Waals surface area (Å²) < 4.78 is 139. The quantitative estimate of drug-likeness (QED) is 0.284. The van der Waals surface area contributed by atoms with Crippen molar-refractivity contribution >= 4 is 6.09 Å². The minimum atomic E-state index is -5.20. The van der Waals surface area contributed by atoms with E-state index in [9.17, 15) is 53.8 Å². The fourth-order valence-electron chi connectivity index (χ4n) is 3.94. The number of hydrogen-bond donors (Lipinski definition) is 1. The summed E-state index contributed by atoms with van der Waals surface area (Å²) in [6.45, 7) is -2.86. The van der Waals surface area contributed by atoms with E-state index in [1.165, 1.54) is 25.3 Å². The predicted octanol–water partition coefficient (Wildman–Crippen LogP) is 8.57. The molecule has 0 aromatic heterocycles. The molecule has 0 saturated heterocycles. The van der Waals surface area contributed by atoms with Gasteiger partial charge in [-0.25, -0.2) is 9.18 Å². The van der Waals surface area contributed by atoms with Crippen molar-refractivity contribution in [2.24, 2.45) is 0 Å². The smallest absolute Gasteiger partial charge is 0.416 e. The van der Waals surface area contributed by atoms with Gasteiger partial charge in [-0.2, -0.15) is 39.5 Å². The van der Waals surface area contributed by atoms with E-state index in [1.807, 2.05) is 0 Å². The lowest BCUT2D eigenvalue weighted by Crippen LogP contribution is -2.29.